The van der Waals surface area contributed by atoms with E-state index in [2.05, 4.69) is 17.4 Å². The van der Waals surface area contributed by atoms with Crippen LogP contribution in [0.3, 0.4) is 0 Å². The van der Waals surface area contributed by atoms with Crippen molar-refractivity contribution >= 4 is 16.5 Å². The molecular weight excluding hydrogens is 174 g/mol. The molecule has 0 aliphatic rings. The summed E-state index contributed by atoms with van der Waals surface area (Å²) in [6.07, 6.45) is 0. The molecule has 2 aromatic carbocycles. The third-order valence-electron chi connectivity index (χ3n) is 2.13. The first kappa shape index (κ1) is 9.03. The first-order valence-electron chi connectivity index (χ1n) is 4.65. The van der Waals surface area contributed by atoms with Gasteiger partial charge in [-0.05, 0) is 35.0 Å². The summed E-state index contributed by atoms with van der Waals surface area (Å²) >= 11 is 0. The van der Waals surface area contributed by atoms with Crippen LogP contribution in [0.2, 0.25) is 0 Å². The van der Waals surface area contributed by atoms with Crippen LogP contribution in [-0.2, 0) is 0 Å². The second-order valence-electron chi connectivity index (χ2n) is 3.14. The van der Waals surface area contributed by atoms with E-state index in [1.165, 1.54) is 10.8 Å². The molecule has 0 amide bonds. The highest BCUT2D eigenvalue weighted by Gasteiger charge is 1.94. The summed E-state index contributed by atoms with van der Waals surface area (Å²) in [5.41, 5.74) is 1.04. The van der Waals surface area contributed by atoms with Crippen molar-refractivity contribution in [2.24, 2.45) is 0 Å². The molecule has 14 heavy (non-hydrogen) atoms. The molecule has 0 heterocycles. The Bertz CT molecular complexity index is 425. The first-order chi connectivity index (χ1) is 6.90. The van der Waals surface area contributed by atoms with Crippen LogP contribution in [0.1, 0.15) is 0 Å². The molecule has 2 rings (SSSR count). The summed E-state index contributed by atoms with van der Waals surface area (Å²) in [7, 11) is 0. The van der Waals surface area contributed by atoms with Gasteiger partial charge in [0.05, 0.1) is 6.61 Å². The molecule has 0 unspecified atom stereocenters. The molecule has 0 saturated heterocycles. The van der Waals surface area contributed by atoms with Crippen molar-refractivity contribution in [2.75, 3.05) is 18.5 Å². The molecule has 0 aromatic heterocycles. The van der Waals surface area contributed by atoms with Crippen molar-refractivity contribution in [1.82, 2.24) is 0 Å². The van der Waals surface area contributed by atoms with Crippen molar-refractivity contribution in [3.05, 3.63) is 42.5 Å². The Balaban J connectivity index is 2.32. The van der Waals surface area contributed by atoms with E-state index in [0.717, 1.165) is 5.69 Å². The van der Waals surface area contributed by atoms with E-state index in [0.29, 0.717) is 6.54 Å². The van der Waals surface area contributed by atoms with E-state index in [4.69, 9.17) is 5.11 Å². The molecule has 0 fully saturated rings. The fraction of sp³-hybridized carbons (Fsp3) is 0.167. The van der Waals surface area contributed by atoms with Gasteiger partial charge in [-0.3, -0.25) is 0 Å². The normalized spacial score (nSPS) is 10.4. The van der Waals surface area contributed by atoms with Gasteiger partial charge in [0.25, 0.3) is 0 Å². The Morgan fingerprint density at radius 1 is 1.21 bits per heavy atom. The van der Waals surface area contributed by atoms with Crippen molar-refractivity contribution in [3.8, 4) is 0 Å². The summed E-state index contributed by atoms with van der Waals surface area (Å²) in [4.78, 5) is 0. The lowest BCUT2D eigenvalue weighted by Gasteiger charge is -2.05. The number of fused-ring (bicyclic) bond motifs is 1. The summed E-state index contributed by atoms with van der Waals surface area (Å²) in [6, 6.07) is 15.1. The minimum Gasteiger partial charge on any atom is -0.395 e. The maximum absolute atomic E-state index is 8.67. The number of hydrogen-bond acceptors (Lipinski definition) is 2. The van der Waals surface area contributed by atoms with Gasteiger partial charge in [-0.2, -0.15) is 0 Å². The number of rotatable bonds is 3. The van der Waals surface area contributed by atoms with Gasteiger partial charge in [-0.15, -0.1) is 0 Å². The standard InChI is InChI=1S/C12H12NO/c14-8-7-13-12-6-5-10-3-1-2-4-11(10)9-12/h2-6,9,13-14H,7-8H2. The van der Waals surface area contributed by atoms with E-state index in [1.807, 2.05) is 30.3 Å². The predicted octanol–water partition coefficient (Wildman–Crippen LogP) is 2.04. The lowest BCUT2D eigenvalue weighted by molar-refractivity contribution is 0.311. The summed E-state index contributed by atoms with van der Waals surface area (Å²) in [6.45, 7) is 0.741. The molecule has 2 N–H and O–H groups in total. The molecule has 2 nitrogen and oxygen atoms in total. The maximum atomic E-state index is 8.67. The molecule has 0 spiro atoms. The van der Waals surface area contributed by atoms with E-state index in [1.54, 1.807) is 0 Å². The number of aliphatic hydroxyl groups excluding tert-OH is 1. The van der Waals surface area contributed by atoms with Crippen LogP contribution < -0.4 is 5.32 Å². The molecule has 71 valence electrons. The van der Waals surface area contributed by atoms with E-state index >= 15 is 0 Å². The van der Waals surface area contributed by atoms with E-state index in [9.17, 15) is 0 Å². The van der Waals surface area contributed by atoms with Crippen LogP contribution >= 0.6 is 0 Å². The topological polar surface area (TPSA) is 32.3 Å². The monoisotopic (exact) mass is 186 g/mol. The molecule has 0 aliphatic heterocycles. The smallest absolute Gasteiger partial charge is 0.0604 e. The predicted molar refractivity (Wildman–Crippen MR) is 58.4 cm³/mol. The second kappa shape index (κ2) is 4.11. The zero-order valence-electron chi connectivity index (χ0n) is 7.83. The zero-order valence-corrected chi connectivity index (χ0v) is 7.83. The largest absolute Gasteiger partial charge is 0.395 e. The van der Waals surface area contributed by atoms with Gasteiger partial charge < -0.3 is 10.4 Å². The molecule has 1 radical (unpaired) electrons. The van der Waals surface area contributed by atoms with Crippen molar-refractivity contribution in [3.63, 3.8) is 0 Å². The van der Waals surface area contributed by atoms with Crippen LogP contribution in [0.15, 0.2) is 36.4 Å². The highest BCUT2D eigenvalue weighted by Crippen LogP contribution is 2.18. The van der Waals surface area contributed by atoms with Crippen LogP contribution in [0.5, 0.6) is 0 Å². The lowest BCUT2D eigenvalue weighted by Crippen LogP contribution is -2.04. The van der Waals surface area contributed by atoms with Crippen LogP contribution in [-0.4, -0.2) is 18.3 Å². The summed E-state index contributed by atoms with van der Waals surface area (Å²) in [5, 5.41) is 14.2. The Morgan fingerprint density at radius 3 is 3.00 bits per heavy atom. The van der Waals surface area contributed by atoms with E-state index < -0.39 is 0 Å². The second-order valence-corrected chi connectivity index (χ2v) is 3.14. The number of hydrogen-bond donors (Lipinski definition) is 2. The van der Waals surface area contributed by atoms with Gasteiger partial charge in [0.2, 0.25) is 0 Å². The van der Waals surface area contributed by atoms with Gasteiger partial charge in [-0.25, -0.2) is 0 Å². The molecule has 2 heteroatoms. The Morgan fingerprint density at radius 2 is 2.14 bits per heavy atom. The first-order valence-corrected chi connectivity index (χ1v) is 4.65. The quantitative estimate of drug-likeness (QED) is 0.768. The third-order valence-corrected chi connectivity index (χ3v) is 2.13. The zero-order chi connectivity index (χ0) is 9.80. The number of aliphatic hydroxyl groups is 1. The van der Waals surface area contributed by atoms with Gasteiger partial charge in [0.1, 0.15) is 0 Å². The average molecular weight is 186 g/mol. The molecule has 0 saturated carbocycles. The SMILES string of the molecule is OCCNc1ccc2c[c]ccc2c1. The van der Waals surface area contributed by atoms with Crippen LogP contribution in [0.25, 0.3) is 10.8 Å². The summed E-state index contributed by atoms with van der Waals surface area (Å²) < 4.78 is 0. The molecule has 2 aromatic rings. The van der Waals surface area contributed by atoms with Crippen molar-refractivity contribution in [1.29, 1.82) is 0 Å². The minimum absolute atomic E-state index is 0.153. The summed E-state index contributed by atoms with van der Waals surface area (Å²) in [5.74, 6) is 0. The fourth-order valence-electron chi connectivity index (χ4n) is 1.44. The van der Waals surface area contributed by atoms with Crippen molar-refractivity contribution < 1.29 is 5.11 Å². The molecule has 0 bridgehead atoms. The minimum atomic E-state index is 0.153. The average Bonchev–Trinajstić information content (AvgIpc) is 2.26. The van der Waals surface area contributed by atoms with Crippen LogP contribution in [0, 0.1) is 6.07 Å². The Labute approximate surface area is 83.2 Å². The third kappa shape index (κ3) is 1.86. The Hall–Kier alpha value is -1.54. The van der Waals surface area contributed by atoms with Gasteiger partial charge >= 0.3 is 0 Å². The highest BCUT2D eigenvalue weighted by atomic mass is 16.3. The van der Waals surface area contributed by atoms with Crippen LogP contribution in [0.4, 0.5) is 5.69 Å². The van der Waals surface area contributed by atoms with E-state index in [-0.39, 0.29) is 6.61 Å². The van der Waals surface area contributed by atoms with Gasteiger partial charge in [-0.1, -0.05) is 18.2 Å². The molecule has 0 aliphatic carbocycles. The van der Waals surface area contributed by atoms with Gasteiger partial charge in [0, 0.05) is 12.2 Å². The van der Waals surface area contributed by atoms with Gasteiger partial charge in [0.15, 0.2) is 0 Å². The molecule has 0 atom stereocenters. The molecular formula is C12H12NO. The lowest BCUT2D eigenvalue weighted by atomic mass is 10.1. The number of anilines is 1. The van der Waals surface area contributed by atoms with Crippen molar-refractivity contribution in [2.45, 2.75) is 0 Å². The number of benzene rings is 2. The number of nitrogens with one attached hydrogen (secondary N) is 1. The fourth-order valence-corrected chi connectivity index (χ4v) is 1.44. The Kier molecular flexibility index (Phi) is 2.65. The highest BCUT2D eigenvalue weighted by molar-refractivity contribution is 5.85. The maximum Gasteiger partial charge on any atom is 0.0604 e.